The van der Waals surface area contributed by atoms with Crippen molar-refractivity contribution in [3.8, 4) is 0 Å². The van der Waals surface area contributed by atoms with Crippen LogP contribution in [0.2, 0.25) is 0 Å². The third-order valence-corrected chi connectivity index (χ3v) is 0. The van der Waals surface area contributed by atoms with Crippen LogP contribution in [0.15, 0.2) is 0 Å². The van der Waals surface area contributed by atoms with Crippen molar-refractivity contribution in [3.63, 3.8) is 0 Å². The molecule has 0 aromatic heterocycles. The van der Waals surface area contributed by atoms with Crippen molar-refractivity contribution in [1.29, 1.82) is 0 Å². The van der Waals surface area contributed by atoms with Gasteiger partial charge in [0.05, 0.1) is 0 Å². The summed E-state index contributed by atoms with van der Waals surface area (Å²) in [4.78, 5) is 0. The third-order valence-electron chi connectivity index (χ3n) is 0. The second kappa shape index (κ2) is 23.3. The molecule has 0 N–H and O–H groups in total. The van der Waals surface area contributed by atoms with Crippen LogP contribution in [-0.4, -0.2) is 0 Å². The molecule has 0 fully saturated rings. The van der Waals surface area contributed by atoms with E-state index in [1.807, 2.05) is 0 Å². The maximum atomic E-state index is 8.58. The summed E-state index contributed by atoms with van der Waals surface area (Å²) >= 11 is -8.17. The average molecular weight is 296 g/mol. The second-order valence-corrected chi connectivity index (χ2v) is 2.06. The zero-order valence-corrected chi connectivity index (χ0v) is 13.9. The van der Waals surface area contributed by atoms with E-state index in [4.69, 9.17) is 21.4 Å². The monoisotopic (exact) mass is 296 g/mol. The molecule has 0 heterocycles. The minimum atomic E-state index is -4.08. The van der Waals surface area contributed by atoms with Gasteiger partial charge in [0.25, 0.3) is 0 Å². The van der Waals surface area contributed by atoms with Gasteiger partial charge < -0.3 is 0 Å². The Morgan fingerprint density at radius 2 is 0.727 bits per heavy atom. The van der Waals surface area contributed by atoms with Gasteiger partial charge in [-0.1, -0.05) is 0 Å². The summed E-state index contributed by atoms with van der Waals surface area (Å²) in [5, 5.41) is 0. The van der Waals surface area contributed by atoms with E-state index in [0.29, 0.717) is 0 Å². The second-order valence-electron chi connectivity index (χ2n) is 0.500. The van der Waals surface area contributed by atoms with Gasteiger partial charge in [0, 0.05) is 0 Å². The van der Waals surface area contributed by atoms with Crippen molar-refractivity contribution in [2.45, 2.75) is 0 Å². The minimum absolute atomic E-state index is 0. The van der Waals surface area contributed by atoms with E-state index in [1.165, 1.54) is 0 Å². The molecular weight excluding hydrogens is 296 g/mol. The van der Waals surface area contributed by atoms with Gasteiger partial charge in [-0.15, -0.1) is 0 Å². The molecule has 56 valence electrons. The fourth-order valence-electron chi connectivity index (χ4n) is 0. The first-order valence-electron chi connectivity index (χ1n) is 1.22. The number of rotatable bonds is 0. The van der Waals surface area contributed by atoms with E-state index in [2.05, 4.69) is 0 Å². The third kappa shape index (κ3) is 153. The molecule has 0 spiro atoms. The Bertz CT molecular complexity index is 76.6. The molecule has 0 bridgehead atoms. The molecule has 0 unspecified atom stereocenters. The van der Waals surface area contributed by atoms with Gasteiger partial charge in [0.15, 0.2) is 0 Å². The van der Waals surface area contributed by atoms with Crippen molar-refractivity contribution in [2.75, 3.05) is 0 Å². The van der Waals surface area contributed by atoms with Gasteiger partial charge in [-0.05, 0) is 0 Å². The van der Waals surface area contributed by atoms with Crippen molar-refractivity contribution in [1.82, 2.24) is 0 Å². The molecule has 6 nitrogen and oxygen atoms in total. The van der Waals surface area contributed by atoms with Crippen LogP contribution in [0, 0.1) is 0 Å². The maximum absolute atomic E-state index is 8.58. The van der Waals surface area contributed by atoms with Crippen LogP contribution >= 0.6 is 0 Å². The molecule has 0 aliphatic rings. The van der Waals surface area contributed by atoms with Gasteiger partial charge in [-0.3, -0.25) is 0 Å². The molecule has 0 aromatic rings. The molecule has 0 aliphatic heterocycles. The SMILES string of the molecule is [Na+].[Na+].[Ni+2].[O]=[Ti]([O-])[O-].[O]=[Ti]([O-])[O-]. The molecule has 11 heavy (non-hydrogen) atoms. The Morgan fingerprint density at radius 1 is 0.727 bits per heavy atom. The fourth-order valence-corrected chi connectivity index (χ4v) is 0. The topological polar surface area (TPSA) is 126 Å². The summed E-state index contributed by atoms with van der Waals surface area (Å²) in [5.74, 6) is 0. The molecule has 0 aromatic carbocycles. The van der Waals surface area contributed by atoms with Crippen molar-refractivity contribution in [3.05, 3.63) is 0 Å². The number of hydrogen-bond acceptors (Lipinski definition) is 6. The van der Waals surface area contributed by atoms with E-state index >= 15 is 0 Å². The van der Waals surface area contributed by atoms with Crippen LogP contribution < -0.4 is 73.9 Å². The van der Waals surface area contributed by atoms with Gasteiger partial charge in [0.2, 0.25) is 0 Å². The molecule has 0 saturated carbocycles. The first-order valence-corrected chi connectivity index (χ1v) is 5.05. The van der Waals surface area contributed by atoms with E-state index in [1.54, 1.807) is 0 Å². The van der Waals surface area contributed by atoms with Crippen molar-refractivity contribution >= 4 is 0 Å². The first kappa shape index (κ1) is 29.3. The van der Waals surface area contributed by atoms with Gasteiger partial charge in [0.1, 0.15) is 0 Å². The summed E-state index contributed by atoms with van der Waals surface area (Å²) in [7, 11) is 0. The quantitative estimate of drug-likeness (QED) is 0.408. The van der Waals surface area contributed by atoms with Crippen LogP contribution in [0.25, 0.3) is 0 Å². The zero-order valence-electron chi connectivity index (χ0n) is 5.77. The van der Waals surface area contributed by atoms with E-state index in [9.17, 15) is 0 Å². The predicted molar refractivity (Wildman–Crippen MR) is 1.37 cm³/mol. The molecular formula is Na2NiO6Ti2. The summed E-state index contributed by atoms with van der Waals surface area (Å²) in [6, 6.07) is 0. The van der Waals surface area contributed by atoms with Crippen molar-refractivity contribution in [2.24, 2.45) is 0 Å². The summed E-state index contributed by atoms with van der Waals surface area (Å²) in [5.41, 5.74) is 0. The van der Waals surface area contributed by atoms with Crippen molar-refractivity contribution < 1.29 is 134 Å². The standard InChI is InChI=1S/2Na.Ni.6O.2Ti/q2*+1;+2;;;4*-1;;. The molecule has 11 heteroatoms. The first-order chi connectivity index (χ1) is 3.46. The Balaban J connectivity index is -0.0000000171. The Kier molecular flexibility index (Phi) is 62.0. The number of hydrogen-bond donors (Lipinski definition) is 0. The van der Waals surface area contributed by atoms with Gasteiger partial charge >= 0.3 is 134 Å². The van der Waals surface area contributed by atoms with E-state index in [0.717, 1.165) is 0 Å². The molecule has 0 atom stereocenters. The van der Waals surface area contributed by atoms with Crippen LogP contribution in [-0.2, 0) is 60.4 Å². The Labute approximate surface area is 131 Å². The molecule has 0 radical (unpaired) electrons. The van der Waals surface area contributed by atoms with E-state index in [-0.39, 0.29) is 75.6 Å². The molecule has 0 rings (SSSR count). The van der Waals surface area contributed by atoms with E-state index < -0.39 is 37.2 Å². The van der Waals surface area contributed by atoms with Crippen LogP contribution in [0.3, 0.4) is 0 Å². The summed E-state index contributed by atoms with van der Waals surface area (Å²) in [6.45, 7) is 0. The van der Waals surface area contributed by atoms with Crippen LogP contribution in [0.4, 0.5) is 0 Å². The molecule has 0 aliphatic carbocycles. The van der Waals surface area contributed by atoms with Crippen LogP contribution in [0.1, 0.15) is 0 Å². The fraction of sp³-hybridized carbons (Fsp3) is 0. The molecule has 0 saturated heterocycles. The van der Waals surface area contributed by atoms with Crippen LogP contribution in [0.5, 0.6) is 0 Å². The summed E-state index contributed by atoms with van der Waals surface area (Å²) in [6.07, 6.45) is 0. The summed E-state index contributed by atoms with van der Waals surface area (Å²) < 4.78 is 51.5. The van der Waals surface area contributed by atoms with Gasteiger partial charge in [-0.25, -0.2) is 0 Å². The Hall–Kier alpha value is 3.36. The zero-order chi connectivity index (χ0) is 7.15. The molecule has 0 amide bonds. The normalized spacial score (nSPS) is 4.73. The predicted octanol–water partition coefficient (Wildman–Crippen LogP) is -11.0. The van der Waals surface area contributed by atoms with Gasteiger partial charge in [-0.2, -0.15) is 0 Å². The Morgan fingerprint density at radius 3 is 0.727 bits per heavy atom. The average Bonchev–Trinajstić information content (AvgIpc) is 1.25.